The Morgan fingerprint density at radius 3 is 2.76 bits per heavy atom. The van der Waals surface area contributed by atoms with Crippen LogP contribution in [0.4, 0.5) is 0 Å². The van der Waals surface area contributed by atoms with E-state index in [4.69, 9.17) is 21.1 Å². The number of methoxy groups -OCH3 is 1. The van der Waals surface area contributed by atoms with E-state index in [0.29, 0.717) is 11.8 Å². The molecule has 0 saturated carbocycles. The number of alkyl halides is 1. The third kappa shape index (κ3) is 2.85. The van der Waals surface area contributed by atoms with Gasteiger partial charge in [-0.2, -0.15) is 4.98 Å². The molecule has 0 bridgehead atoms. The van der Waals surface area contributed by atoms with Crippen molar-refractivity contribution < 1.29 is 9.47 Å². The van der Waals surface area contributed by atoms with E-state index in [1.165, 1.54) is 0 Å². The number of ether oxygens (including phenoxy) is 2. The molecule has 3 rings (SSSR count). The van der Waals surface area contributed by atoms with E-state index in [0.717, 1.165) is 49.6 Å². The molecule has 0 unspecified atom stereocenters. The second-order valence-electron chi connectivity index (χ2n) is 5.87. The predicted molar refractivity (Wildman–Crippen MR) is 81.8 cm³/mol. The van der Waals surface area contributed by atoms with Crippen LogP contribution in [0.5, 0.6) is 5.88 Å². The highest BCUT2D eigenvalue weighted by atomic mass is 35.5. The maximum Gasteiger partial charge on any atom is 0.215 e. The molecule has 1 aliphatic heterocycles. The summed E-state index contributed by atoms with van der Waals surface area (Å²) in [5.74, 6) is 1.84. The molecule has 1 aliphatic rings. The van der Waals surface area contributed by atoms with Crippen LogP contribution in [-0.2, 0) is 17.2 Å². The Morgan fingerprint density at radius 1 is 1.33 bits per heavy atom. The first kappa shape index (κ1) is 14.6. The van der Waals surface area contributed by atoms with Gasteiger partial charge in [0.2, 0.25) is 5.88 Å². The Hall–Kier alpha value is -1.33. The number of rotatable bonds is 4. The van der Waals surface area contributed by atoms with Crippen LogP contribution < -0.4 is 4.74 Å². The standard InChI is InChI=1S/C15H20ClN3O2/c1-15(5-7-21-8-6-15)10-19-12(9-16)17-11-3-4-13(20-2)18-14(11)19/h3-4H,5-10H2,1-2H3. The number of nitrogens with zero attached hydrogens (tertiary/aromatic N) is 3. The number of imidazole rings is 1. The first-order valence-electron chi connectivity index (χ1n) is 7.19. The van der Waals surface area contributed by atoms with Gasteiger partial charge in [0, 0.05) is 25.8 Å². The number of hydrogen-bond donors (Lipinski definition) is 0. The summed E-state index contributed by atoms with van der Waals surface area (Å²) in [4.78, 5) is 9.13. The summed E-state index contributed by atoms with van der Waals surface area (Å²) >= 11 is 6.07. The Balaban J connectivity index is 2.02. The molecule has 2 aromatic rings. The SMILES string of the molecule is COc1ccc2nc(CCl)n(CC3(C)CCOCC3)c2n1. The van der Waals surface area contributed by atoms with Crippen LogP contribution in [0.3, 0.4) is 0 Å². The maximum atomic E-state index is 6.07. The molecule has 0 radical (unpaired) electrons. The topological polar surface area (TPSA) is 49.2 Å². The quantitative estimate of drug-likeness (QED) is 0.815. The lowest BCUT2D eigenvalue weighted by molar-refractivity contribution is 0.0157. The third-order valence-electron chi connectivity index (χ3n) is 4.21. The molecule has 114 valence electrons. The summed E-state index contributed by atoms with van der Waals surface area (Å²) in [5, 5.41) is 0. The fourth-order valence-corrected chi connectivity index (χ4v) is 3.02. The van der Waals surface area contributed by atoms with Gasteiger partial charge in [-0.1, -0.05) is 6.92 Å². The Labute approximate surface area is 129 Å². The highest BCUT2D eigenvalue weighted by Gasteiger charge is 2.29. The van der Waals surface area contributed by atoms with E-state index in [1.807, 2.05) is 12.1 Å². The van der Waals surface area contributed by atoms with Gasteiger partial charge < -0.3 is 14.0 Å². The minimum absolute atomic E-state index is 0.192. The maximum absolute atomic E-state index is 6.07. The molecule has 0 aliphatic carbocycles. The number of fused-ring (bicyclic) bond motifs is 1. The first-order valence-corrected chi connectivity index (χ1v) is 7.72. The molecule has 0 N–H and O–H groups in total. The normalized spacial score (nSPS) is 18.0. The van der Waals surface area contributed by atoms with Crippen LogP contribution in [0.2, 0.25) is 0 Å². The molecule has 0 aromatic carbocycles. The van der Waals surface area contributed by atoms with E-state index in [9.17, 15) is 0 Å². The summed E-state index contributed by atoms with van der Waals surface area (Å²) in [5.41, 5.74) is 1.90. The Bertz CT molecular complexity index is 635. The smallest absolute Gasteiger partial charge is 0.215 e. The van der Waals surface area contributed by atoms with Crippen molar-refractivity contribution in [2.24, 2.45) is 5.41 Å². The lowest BCUT2D eigenvalue weighted by Crippen LogP contribution is -2.31. The van der Waals surface area contributed by atoms with Crippen LogP contribution in [0.25, 0.3) is 11.2 Å². The Morgan fingerprint density at radius 2 is 2.10 bits per heavy atom. The van der Waals surface area contributed by atoms with Crippen molar-refractivity contribution in [2.45, 2.75) is 32.2 Å². The van der Waals surface area contributed by atoms with Crippen LogP contribution in [-0.4, -0.2) is 34.9 Å². The van der Waals surface area contributed by atoms with Crippen molar-refractivity contribution >= 4 is 22.8 Å². The average molecular weight is 310 g/mol. The second kappa shape index (κ2) is 5.81. The minimum Gasteiger partial charge on any atom is -0.481 e. The van der Waals surface area contributed by atoms with Crippen LogP contribution in [0.1, 0.15) is 25.6 Å². The summed E-state index contributed by atoms with van der Waals surface area (Å²) in [6.07, 6.45) is 2.08. The molecule has 0 amide bonds. The molecule has 0 spiro atoms. The van der Waals surface area contributed by atoms with Gasteiger partial charge in [-0.05, 0) is 24.3 Å². The highest BCUT2D eigenvalue weighted by Crippen LogP contribution is 2.33. The molecule has 6 heteroatoms. The van der Waals surface area contributed by atoms with Gasteiger partial charge in [-0.15, -0.1) is 11.6 Å². The van der Waals surface area contributed by atoms with Gasteiger partial charge in [0.25, 0.3) is 0 Å². The van der Waals surface area contributed by atoms with E-state index >= 15 is 0 Å². The molecule has 1 saturated heterocycles. The summed E-state index contributed by atoms with van der Waals surface area (Å²) in [6, 6.07) is 3.76. The van der Waals surface area contributed by atoms with Crippen molar-refractivity contribution in [3.8, 4) is 5.88 Å². The van der Waals surface area contributed by atoms with Gasteiger partial charge in [0.15, 0.2) is 5.65 Å². The minimum atomic E-state index is 0.192. The number of aromatic nitrogens is 3. The van der Waals surface area contributed by atoms with E-state index in [-0.39, 0.29) is 5.41 Å². The highest BCUT2D eigenvalue weighted by molar-refractivity contribution is 6.16. The van der Waals surface area contributed by atoms with E-state index < -0.39 is 0 Å². The summed E-state index contributed by atoms with van der Waals surface area (Å²) in [7, 11) is 1.62. The number of hydrogen-bond acceptors (Lipinski definition) is 4. The molecule has 5 nitrogen and oxygen atoms in total. The number of pyridine rings is 1. The monoisotopic (exact) mass is 309 g/mol. The van der Waals surface area contributed by atoms with Gasteiger partial charge in [-0.25, -0.2) is 4.98 Å². The molecule has 3 heterocycles. The van der Waals surface area contributed by atoms with Gasteiger partial charge in [0.05, 0.1) is 13.0 Å². The van der Waals surface area contributed by atoms with Gasteiger partial charge >= 0.3 is 0 Å². The van der Waals surface area contributed by atoms with Crippen molar-refractivity contribution in [1.29, 1.82) is 0 Å². The third-order valence-corrected chi connectivity index (χ3v) is 4.45. The molecular weight excluding hydrogens is 290 g/mol. The Kier molecular flexibility index (Phi) is 4.04. The fourth-order valence-electron chi connectivity index (χ4n) is 2.82. The average Bonchev–Trinajstić information content (AvgIpc) is 2.84. The second-order valence-corrected chi connectivity index (χ2v) is 6.13. The largest absolute Gasteiger partial charge is 0.481 e. The zero-order chi connectivity index (χ0) is 14.9. The van der Waals surface area contributed by atoms with E-state index in [1.54, 1.807) is 7.11 Å². The zero-order valence-corrected chi connectivity index (χ0v) is 13.2. The lowest BCUT2D eigenvalue weighted by Gasteiger charge is -2.34. The fraction of sp³-hybridized carbons (Fsp3) is 0.600. The summed E-state index contributed by atoms with van der Waals surface area (Å²) in [6.45, 7) is 4.78. The van der Waals surface area contributed by atoms with Crippen molar-refractivity contribution in [2.75, 3.05) is 20.3 Å². The van der Waals surface area contributed by atoms with Gasteiger partial charge in [-0.3, -0.25) is 0 Å². The predicted octanol–water partition coefficient (Wildman–Crippen LogP) is 3.00. The molecule has 2 aromatic heterocycles. The molecular formula is C15H20ClN3O2. The van der Waals surface area contributed by atoms with Crippen LogP contribution in [0.15, 0.2) is 12.1 Å². The van der Waals surface area contributed by atoms with Crippen LogP contribution >= 0.6 is 11.6 Å². The van der Waals surface area contributed by atoms with E-state index in [2.05, 4.69) is 21.5 Å². The zero-order valence-electron chi connectivity index (χ0n) is 12.4. The van der Waals surface area contributed by atoms with Crippen molar-refractivity contribution in [3.05, 3.63) is 18.0 Å². The molecule has 1 fully saturated rings. The van der Waals surface area contributed by atoms with Crippen LogP contribution in [0, 0.1) is 5.41 Å². The first-order chi connectivity index (χ1) is 10.1. The summed E-state index contributed by atoms with van der Waals surface area (Å²) < 4.78 is 12.8. The van der Waals surface area contributed by atoms with Gasteiger partial charge in [0.1, 0.15) is 11.3 Å². The van der Waals surface area contributed by atoms with Crippen molar-refractivity contribution in [1.82, 2.24) is 14.5 Å². The molecule has 0 atom stereocenters. The molecule has 21 heavy (non-hydrogen) atoms. The lowest BCUT2D eigenvalue weighted by atomic mass is 9.82. The van der Waals surface area contributed by atoms with Crippen molar-refractivity contribution in [3.63, 3.8) is 0 Å². The number of halogens is 1.